The third-order valence-corrected chi connectivity index (χ3v) is 3.39. The third-order valence-electron chi connectivity index (χ3n) is 3.39. The van der Waals surface area contributed by atoms with E-state index in [-0.39, 0.29) is 5.92 Å². The molecule has 0 heterocycles. The van der Waals surface area contributed by atoms with E-state index in [2.05, 4.69) is 5.32 Å². The molecule has 0 spiro atoms. The molecule has 0 fully saturated rings. The van der Waals surface area contributed by atoms with Crippen LogP contribution in [0.4, 0.5) is 4.39 Å². The average molecular weight is 318 g/mol. The van der Waals surface area contributed by atoms with Gasteiger partial charge >= 0.3 is 5.97 Å². The Morgan fingerprint density at radius 1 is 1.48 bits per heavy atom. The SMILES string of the molecule is CC(C)[C@@](C)(C#N)NC(=O)COC(=O)/C=C/c1cccc(F)c1. The molecule has 1 atom stereocenters. The highest BCUT2D eigenvalue weighted by Gasteiger charge is 2.30. The summed E-state index contributed by atoms with van der Waals surface area (Å²) in [5, 5.41) is 11.6. The summed E-state index contributed by atoms with van der Waals surface area (Å²) < 4.78 is 17.8. The Hall–Kier alpha value is -2.68. The molecular weight excluding hydrogens is 299 g/mol. The van der Waals surface area contributed by atoms with Gasteiger partial charge in [0.2, 0.25) is 0 Å². The summed E-state index contributed by atoms with van der Waals surface area (Å²) in [6.07, 6.45) is 2.49. The maximum absolute atomic E-state index is 13.0. The van der Waals surface area contributed by atoms with Crippen molar-refractivity contribution in [2.75, 3.05) is 6.61 Å². The lowest BCUT2D eigenvalue weighted by Crippen LogP contribution is -2.50. The quantitative estimate of drug-likeness (QED) is 0.645. The van der Waals surface area contributed by atoms with E-state index < -0.39 is 29.8 Å². The van der Waals surface area contributed by atoms with E-state index >= 15 is 0 Å². The van der Waals surface area contributed by atoms with Crippen LogP contribution in [0, 0.1) is 23.1 Å². The fraction of sp³-hybridized carbons (Fsp3) is 0.353. The number of halogens is 1. The Bertz CT molecular complexity index is 649. The van der Waals surface area contributed by atoms with E-state index in [1.807, 2.05) is 6.07 Å². The second-order valence-corrected chi connectivity index (χ2v) is 5.51. The number of nitriles is 1. The Morgan fingerprint density at radius 2 is 2.17 bits per heavy atom. The molecule has 0 bridgehead atoms. The van der Waals surface area contributed by atoms with Crippen molar-refractivity contribution in [3.63, 3.8) is 0 Å². The molecule has 0 unspecified atom stereocenters. The zero-order valence-electron chi connectivity index (χ0n) is 13.3. The highest BCUT2D eigenvalue weighted by molar-refractivity contribution is 5.89. The molecule has 122 valence electrons. The number of nitrogens with zero attached hydrogens (tertiary/aromatic N) is 1. The van der Waals surface area contributed by atoms with Crippen LogP contribution in [0.15, 0.2) is 30.3 Å². The summed E-state index contributed by atoms with van der Waals surface area (Å²) in [7, 11) is 0. The van der Waals surface area contributed by atoms with Crippen LogP contribution in [0.5, 0.6) is 0 Å². The van der Waals surface area contributed by atoms with Crippen LogP contribution in [0.25, 0.3) is 6.08 Å². The predicted octanol–water partition coefficient (Wildman–Crippen LogP) is 2.44. The number of benzene rings is 1. The molecule has 1 amide bonds. The molecule has 6 heteroatoms. The summed E-state index contributed by atoms with van der Waals surface area (Å²) in [4.78, 5) is 23.3. The normalized spacial score (nSPS) is 13.4. The van der Waals surface area contributed by atoms with Crippen LogP contribution < -0.4 is 5.32 Å². The number of carbonyl (C=O) groups is 2. The third kappa shape index (κ3) is 5.91. The van der Waals surface area contributed by atoms with Gasteiger partial charge in [-0.15, -0.1) is 0 Å². The molecule has 1 N–H and O–H groups in total. The molecule has 0 aliphatic heterocycles. The van der Waals surface area contributed by atoms with Gasteiger partial charge in [-0.05, 0) is 36.6 Å². The van der Waals surface area contributed by atoms with Crippen LogP contribution in [-0.4, -0.2) is 24.0 Å². The topological polar surface area (TPSA) is 79.2 Å². The zero-order valence-corrected chi connectivity index (χ0v) is 13.3. The maximum Gasteiger partial charge on any atom is 0.331 e. The van der Waals surface area contributed by atoms with Crippen molar-refractivity contribution in [2.45, 2.75) is 26.3 Å². The molecule has 5 nitrogen and oxygen atoms in total. The Balaban J connectivity index is 2.50. The highest BCUT2D eigenvalue weighted by Crippen LogP contribution is 2.14. The molecule has 0 saturated carbocycles. The number of hydrogen-bond acceptors (Lipinski definition) is 4. The van der Waals surface area contributed by atoms with Gasteiger partial charge in [-0.2, -0.15) is 5.26 Å². The van der Waals surface area contributed by atoms with E-state index in [9.17, 15) is 14.0 Å². The van der Waals surface area contributed by atoms with Gasteiger partial charge in [-0.1, -0.05) is 26.0 Å². The molecule has 0 aliphatic rings. The minimum atomic E-state index is -1.03. The lowest BCUT2D eigenvalue weighted by Gasteiger charge is -2.27. The van der Waals surface area contributed by atoms with Gasteiger partial charge in [-0.25, -0.2) is 9.18 Å². The van der Waals surface area contributed by atoms with Gasteiger partial charge in [0.15, 0.2) is 6.61 Å². The number of nitrogens with one attached hydrogen (secondary N) is 1. The van der Waals surface area contributed by atoms with Gasteiger partial charge in [0.1, 0.15) is 11.4 Å². The van der Waals surface area contributed by atoms with Crippen LogP contribution >= 0.6 is 0 Å². The zero-order chi connectivity index (χ0) is 17.5. The predicted molar refractivity (Wildman–Crippen MR) is 83.4 cm³/mol. The summed E-state index contributed by atoms with van der Waals surface area (Å²) in [5.74, 6) is -1.80. The molecule has 1 rings (SSSR count). The van der Waals surface area contributed by atoms with Gasteiger partial charge in [0.05, 0.1) is 6.07 Å². The maximum atomic E-state index is 13.0. The van der Waals surface area contributed by atoms with Crippen LogP contribution in [0.3, 0.4) is 0 Å². The minimum absolute atomic E-state index is 0.0972. The standard InChI is InChI=1S/C17H19FN2O3/c1-12(2)17(3,11-19)20-15(21)10-23-16(22)8-7-13-5-4-6-14(18)9-13/h4-9,12H,10H2,1-3H3,(H,20,21)/b8-7+/t17-/m1/s1. The van der Waals surface area contributed by atoms with Crippen molar-refractivity contribution >= 4 is 18.0 Å². The van der Waals surface area contributed by atoms with Gasteiger partial charge < -0.3 is 10.1 Å². The first kappa shape index (κ1) is 18.4. The van der Waals surface area contributed by atoms with E-state index in [4.69, 9.17) is 10.00 Å². The van der Waals surface area contributed by atoms with Crippen molar-refractivity contribution in [3.05, 3.63) is 41.7 Å². The lowest BCUT2D eigenvalue weighted by molar-refractivity contribution is -0.144. The van der Waals surface area contributed by atoms with E-state index in [0.717, 1.165) is 6.08 Å². The van der Waals surface area contributed by atoms with Gasteiger partial charge in [-0.3, -0.25) is 4.79 Å². The molecule has 1 aromatic rings. The summed E-state index contributed by atoms with van der Waals surface area (Å²) >= 11 is 0. The first-order chi connectivity index (χ1) is 10.8. The number of esters is 1. The van der Waals surface area contributed by atoms with Crippen LogP contribution in [-0.2, 0) is 14.3 Å². The number of carbonyl (C=O) groups excluding carboxylic acids is 2. The molecule has 23 heavy (non-hydrogen) atoms. The Morgan fingerprint density at radius 3 is 2.74 bits per heavy atom. The monoisotopic (exact) mass is 318 g/mol. The van der Waals surface area contributed by atoms with Crippen molar-refractivity contribution < 1.29 is 18.7 Å². The first-order valence-corrected chi connectivity index (χ1v) is 7.09. The first-order valence-electron chi connectivity index (χ1n) is 7.09. The van der Waals surface area contributed by atoms with E-state index in [1.165, 1.54) is 24.3 Å². The molecule has 0 aromatic heterocycles. The van der Waals surface area contributed by atoms with Gasteiger partial charge in [0.25, 0.3) is 5.91 Å². The van der Waals surface area contributed by atoms with Crippen LogP contribution in [0.2, 0.25) is 0 Å². The smallest absolute Gasteiger partial charge is 0.331 e. The van der Waals surface area contributed by atoms with Crippen LogP contribution in [0.1, 0.15) is 26.3 Å². The molecule has 0 aliphatic carbocycles. The van der Waals surface area contributed by atoms with Crippen molar-refractivity contribution in [1.29, 1.82) is 5.26 Å². The number of ether oxygens (including phenoxy) is 1. The fourth-order valence-electron chi connectivity index (χ4n) is 1.59. The van der Waals surface area contributed by atoms with E-state index in [1.54, 1.807) is 26.8 Å². The lowest BCUT2D eigenvalue weighted by atomic mass is 9.90. The summed E-state index contributed by atoms with van der Waals surface area (Å²) in [6.45, 7) is 4.71. The Kier molecular flexibility index (Phi) is 6.46. The fourth-order valence-corrected chi connectivity index (χ4v) is 1.59. The average Bonchev–Trinajstić information content (AvgIpc) is 2.50. The molecule has 1 aromatic carbocycles. The van der Waals surface area contributed by atoms with Gasteiger partial charge in [0, 0.05) is 6.08 Å². The van der Waals surface area contributed by atoms with E-state index in [0.29, 0.717) is 5.56 Å². The van der Waals surface area contributed by atoms with Crippen molar-refractivity contribution in [2.24, 2.45) is 5.92 Å². The minimum Gasteiger partial charge on any atom is -0.452 e. The largest absolute Gasteiger partial charge is 0.452 e. The Labute approximate surface area is 134 Å². The van der Waals surface area contributed by atoms with Crippen molar-refractivity contribution in [3.8, 4) is 6.07 Å². The van der Waals surface area contributed by atoms with Crippen molar-refractivity contribution in [1.82, 2.24) is 5.32 Å². The molecular formula is C17H19FN2O3. The second kappa shape index (κ2) is 8.08. The second-order valence-electron chi connectivity index (χ2n) is 5.51. The number of hydrogen-bond donors (Lipinski definition) is 1. The highest BCUT2D eigenvalue weighted by atomic mass is 19.1. The summed E-state index contributed by atoms with van der Waals surface area (Å²) in [5.41, 5.74) is -0.524. The number of amides is 1. The molecule has 0 saturated heterocycles. The summed E-state index contributed by atoms with van der Waals surface area (Å²) in [6, 6.07) is 7.72. The number of rotatable bonds is 6. The molecule has 0 radical (unpaired) electrons.